The van der Waals surface area contributed by atoms with E-state index in [0.717, 1.165) is 0 Å². The Bertz CT molecular complexity index is 1290. The van der Waals surface area contributed by atoms with Crippen LogP contribution in [0.2, 0.25) is 5.02 Å². The Morgan fingerprint density at radius 3 is 2.28 bits per heavy atom. The van der Waals surface area contributed by atoms with Crippen molar-refractivity contribution in [2.24, 2.45) is 0 Å². The van der Waals surface area contributed by atoms with E-state index in [-0.39, 0.29) is 11.6 Å². The SMILES string of the molecule is O=S(=O)(c1ccc(Cl)cc1)N1CN(Cc2ccco2)c2nc3ccccc3nc21. The van der Waals surface area contributed by atoms with Crippen molar-refractivity contribution < 1.29 is 12.8 Å². The first-order chi connectivity index (χ1) is 14.0. The van der Waals surface area contributed by atoms with Crippen LogP contribution in [0.15, 0.2) is 76.2 Å². The molecule has 0 unspecified atom stereocenters. The van der Waals surface area contributed by atoms with Gasteiger partial charge in [0.2, 0.25) is 0 Å². The highest BCUT2D eigenvalue weighted by atomic mass is 35.5. The summed E-state index contributed by atoms with van der Waals surface area (Å²) in [6.07, 6.45) is 1.58. The van der Waals surface area contributed by atoms with Crippen molar-refractivity contribution in [3.05, 3.63) is 77.7 Å². The number of anilines is 2. The minimum absolute atomic E-state index is 0.0807. The maximum atomic E-state index is 13.4. The lowest BCUT2D eigenvalue weighted by Crippen LogP contribution is -2.35. The van der Waals surface area contributed by atoms with Gasteiger partial charge in [-0.3, -0.25) is 0 Å². The molecule has 1 aliphatic rings. The van der Waals surface area contributed by atoms with Crippen molar-refractivity contribution in [1.82, 2.24) is 9.97 Å². The number of furan rings is 1. The van der Waals surface area contributed by atoms with Gasteiger partial charge in [-0.05, 0) is 48.5 Å². The molecule has 0 aliphatic carbocycles. The molecule has 5 rings (SSSR count). The van der Waals surface area contributed by atoms with Crippen LogP contribution in [0, 0.1) is 0 Å². The molecule has 3 heterocycles. The molecule has 2 aromatic carbocycles. The molecule has 0 spiro atoms. The maximum Gasteiger partial charge on any atom is 0.267 e. The summed E-state index contributed by atoms with van der Waals surface area (Å²) < 4.78 is 33.4. The van der Waals surface area contributed by atoms with Crippen LogP contribution in [-0.4, -0.2) is 25.1 Å². The Morgan fingerprint density at radius 1 is 0.931 bits per heavy atom. The second-order valence-electron chi connectivity index (χ2n) is 6.59. The summed E-state index contributed by atoms with van der Waals surface area (Å²) in [5, 5.41) is 0.469. The van der Waals surface area contributed by atoms with Crippen molar-refractivity contribution in [3.8, 4) is 0 Å². The molecule has 0 fully saturated rings. The quantitative estimate of drug-likeness (QED) is 0.489. The van der Waals surface area contributed by atoms with Crippen molar-refractivity contribution in [1.29, 1.82) is 0 Å². The predicted octanol–water partition coefficient (Wildman–Crippen LogP) is 4.05. The number of para-hydroxylation sites is 2. The summed E-state index contributed by atoms with van der Waals surface area (Å²) in [6, 6.07) is 17.1. The summed E-state index contributed by atoms with van der Waals surface area (Å²) in [7, 11) is -3.85. The van der Waals surface area contributed by atoms with E-state index in [4.69, 9.17) is 16.0 Å². The molecule has 2 aromatic heterocycles. The maximum absolute atomic E-state index is 13.4. The Morgan fingerprint density at radius 2 is 1.62 bits per heavy atom. The summed E-state index contributed by atoms with van der Waals surface area (Å²) in [4.78, 5) is 11.3. The number of sulfonamides is 1. The minimum atomic E-state index is -3.85. The molecule has 29 heavy (non-hydrogen) atoms. The largest absolute Gasteiger partial charge is 0.467 e. The molecule has 0 radical (unpaired) electrons. The van der Waals surface area contributed by atoms with Gasteiger partial charge in [0.25, 0.3) is 10.0 Å². The summed E-state index contributed by atoms with van der Waals surface area (Å²) in [6.45, 7) is 0.455. The van der Waals surface area contributed by atoms with Crippen molar-refractivity contribution in [3.63, 3.8) is 0 Å². The first-order valence-corrected chi connectivity index (χ1v) is 10.7. The molecule has 4 aromatic rings. The van der Waals surface area contributed by atoms with Gasteiger partial charge in [0.15, 0.2) is 11.6 Å². The summed E-state index contributed by atoms with van der Waals surface area (Å²) >= 11 is 5.92. The fraction of sp³-hybridized carbons (Fsp3) is 0.100. The fourth-order valence-corrected chi connectivity index (χ4v) is 4.79. The van der Waals surface area contributed by atoms with Crippen LogP contribution in [0.25, 0.3) is 11.0 Å². The third-order valence-electron chi connectivity index (χ3n) is 4.70. The number of aromatic nitrogens is 2. The molecule has 0 amide bonds. The topological polar surface area (TPSA) is 79.5 Å². The predicted molar refractivity (Wildman–Crippen MR) is 110 cm³/mol. The number of hydrogen-bond acceptors (Lipinski definition) is 6. The molecule has 9 heteroatoms. The van der Waals surface area contributed by atoms with Crippen LogP contribution in [-0.2, 0) is 16.6 Å². The summed E-state index contributed by atoms with van der Waals surface area (Å²) in [5.41, 5.74) is 1.32. The van der Waals surface area contributed by atoms with Gasteiger partial charge in [-0.15, -0.1) is 0 Å². The highest BCUT2D eigenvalue weighted by Crippen LogP contribution is 2.38. The van der Waals surface area contributed by atoms with E-state index in [0.29, 0.717) is 40.0 Å². The van der Waals surface area contributed by atoms with Crippen LogP contribution in [0.1, 0.15) is 5.76 Å². The van der Waals surface area contributed by atoms with Gasteiger partial charge in [0.05, 0.1) is 28.7 Å². The lowest BCUT2D eigenvalue weighted by Gasteiger charge is -2.20. The number of hydrogen-bond donors (Lipinski definition) is 0. The van der Waals surface area contributed by atoms with Gasteiger partial charge in [-0.2, -0.15) is 0 Å². The smallest absolute Gasteiger partial charge is 0.267 e. The zero-order valence-electron chi connectivity index (χ0n) is 15.1. The van der Waals surface area contributed by atoms with E-state index in [9.17, 15) is 8.42 Å². The lowest BCUT2D eigenvalue weighted by molar-refractivity contribution is 0.503. The van der Waals surface area contributed by atoms with Gasteiger partial charge in [0, 0.05) is 5.02 Å². The fourth-order valence-electron chi connectivity index (χ4n) is 3.29. The number of fused-ring (bicyclic) bond motifs is 2. The van der Waals surface area contributed by atoms with E-state index < -0.39 is 10.0 Å². The zero-order chi connectivity index (χ0) is 20.0. The summed E-state index contributed by atoms with van der Waals surface area (Å²) in [5.74, 6) is 1.50. The van der Waals surface area contributed by atoms with Gasteiger partial charge >= 0.3 is 0 Å². The number of nitrogens with zero attached hydrogens (tertiary/aromatic N) is 4. The third-order valence-corrected chi connectivity index (χ3v) is 6.69. The molecule has 0 N–H and O–H groups in total. The van der Waals surface area contributed by atoms with Crippen LogP contribution in [0.3, 0.4) is 0 Å². The van der Waals surface area contributed by atoms with Gasteiger partial charge < -0.3 is 9.32 Å². The average molecular weight is 427 g/mol. The average Bonchev–Trinajstić information content (AvgIpc) is 3.35. The first-order valence-electron chi connectivity index (χ1n) is 8.85. The Labute approximate surface area is 172 Å². The number of halogens is 1. The van der Waals surface area contributed by atoms with E-state index in [1.165, 1.54) is 16.4 Å². The Balaban J connectivity index is 1.64. The third kappa shape index (κ3) is 3.10. The molecule has 0 atom stereocenters. The van der Waals surface area contributed by atoms with E-state index in [1.54, 1.807) is 24.5 Å². The molecule has 0 saturated carbocycles. The second kappa shape index (κ2) is 6.75. The second-order valence-corrected chi connectivity index (χ2v) is 8.88. The van der Waals surface area contributed by atoms with Crippen LogP contribution >= 0.6 is 11.6 Å². The number of benzene rings is 2. The molecule has 0 bridgehead atoms. The van der Waals surface area contributed by atoms with E-state index in [2.05, 4.69) is 9.97 Å². The highest BCUT2D eigenvalue weighted by molar-refractivity contribution is 7.92. The molecular formula is C20H15ClN4O3S. The molecule has 0 saturated heterocycles. The number of rotatable bonds is 4. The highest BCUT2D eigenvalue weighted by Gasteiger charge is 2.38. The molecular weight excluding hydrogens is 412 g/mol. The first kappa shape index (κ1) is 18.0. The van der Waals surface area contributed by atoms with Crippen LogP contribution < -0.4 is 9.21 Å². The van der Waals surface area contributed by atoms with E-state index in [1.807, 2.05) is 35.2 Å². The van der Waals surface area contributed by atoms with Crippen molar-refractivity contribution in [2.45, 2.75) is 11.4 Å². The zero-order valence-corrected chi connectivity index (χ0v) is 16.6. The van der Waals surface area contributed by atoms with Gasteiger partial charge in [-0.1, -0.05) is 23.7 Å². The van der Waals surface area contributed by atoms with E-state index >= 15 is 0 Å². The standard InChI is InChI=1S/C20H15ClN4O3S/c21-14-7-9-16(10-8-14)29(26,27)25-13-24(12-15-4-3-11-28-15)19-20(25)23-18-6-2-1-5-17(18)22-19/h1-11H,12-13H2. The lowest BCUT2D eigenvalue weighted by atomic mass is 10.3. The van der Waals surface area contributed by atoms with Crippen molar-refractivity contribution >= 4 is 44.3 Å². The van der Waals surface area contributed by atoms with Gasteiger partial charge in [-0.25, -0.2) is 22.7 Å². The monoisotopic (exact) mass is 426 g/mol. The van der Waals surface area contributed by atoms with Crippen molar-refractivity contribution in [2.75, 3.05) is 15.9 Å². The van der Waals surface area contributed by atoms with Crippen LogP contribution in [0.5, 0.6) is 0 Å². The molecule has 146 valence electrons. The molecule has 1 aliphatic heterocycles. The Kier molecular flexibility index (Phi) is 4.18. The molecule has 7 nitrogen and oxygen atoms in total. The minimum Gasteiger partial charge on any atom is -0.467 e. The van der Waals surface area contributed by atoms with Crippen LogP contribution in [0.4, 0.5) is 11.6 Å². The van der Waals surface area contributed by atoms with Gasteiger partial charge in [0.1, 0.15) is 12.4 Å². The normalized spacial score (nSPS) is 13.8. The Hall–Kier alpha value is -3.10.